The summed E-state index contributed by atoms with van der Waals surface area (Å²) >= 11 is 1.84. The number of piperidine rings is 1. The summed E-state index contributed by atoms with van der Waals surface area (Å²) in [5.41, 5.74) is 3.29. The highest BCUT2D eigenvalue weighted by atomic mass is 32.1. The number of fused-ring (bicyclic) bond motifs is 1. The predicted octanol–water partition coefficient (Wildman–Crippen LogP) is 5.03. The summed E-state index contributed by atoms with van der Waals surface area (Å²) in [6, 6.07) is 16.6. The van der Waals surface area contributed by atoms with E-state index in [2.05, 4.69) is 58.4 Å². The highest BCUT2D eigenvalue weighted by Crippen LogP contribution is 2.34. The van der Waals surface area contributed by atoms with E-state index in [4.69, 9.17) is 9.40 Å². The van der Waals surface area contributed by atoms with Crippen LogP contribution >= 0.6 is 11.3 Å². The Balaban J connectivity index is 1.22. The zero-order valence-corrected chi connectivity index (χ0v) is 16.7. The maximum absolute atomic E-state index is 5.90. The zero-order valence-electron chi connectivity index (χ0n) is 15.8. The van der Waals surface area contributed by atoms with E-state index >= 15 is 0 Å². The van der Waals surface area contributed by atoms with Gasteiger partial charge in [-0.05, 0) is 57.1 Å². The topological polar surface area (TPSA) is 55.1 Å². The number of benzene rings is 2. The monoisotopic (exact) mass is 390 g/mol. The van der Waals surface area contributed by atoms with Gasteiger partial charge < -0.3 is 4.42 Å². The number of hydrogen-bond donors (Lipinski definition) is 0. The minimum absolute atomic E-state index is 0.555. The van der Waals surface area contributed by atoms with Gasteiger partial charge in [-0.1, -0.05) is 29.8 Å². The molecule has 4 aromatic rings. The Morgan fingerprint density at radius 3 is 2.75 bits per heavy atom. The van der Waals surface area contributed by atoms with Crippen molar-refractivity contribution in [1.29, 1.82) is 0 Å². The van der Waals surface area contributed by atoms with E-state index in [1.54, 1.807) is 0 Å². The third kappa shape index (κ3) is 3.57. The van der Waals surface area contributed by atoms with Crippen LogP contribution in [-0.4, -0.2) is 33.2 Å². The molecule has 1 aliphatic heterocycles. The van der Waals surface area contributed by atoms with Gasteiger partial charge in [0.25, 0.3) is 0 Å². The zero-order chi connectivity index (χ0) is 18.9. The molecule has 1 fully saturated rings. The van der Waals surface area contributed by atoms with Gasteiger partial charge in [0.1, 0.15) is 0 Å². The molecule has 1 saturated heterocycles. The third-order valence-corrected chi connectivity index (χ3v) is 6.54. The van der Waals surface area contributed by atoms with Crippen LogP contribution in [0.15, 0.2) is 52.9 Å². The highest BCUT2D eigenvalue weighted by Gasteiger charge is 2.24. The quantitative estimate of drug-likeness (QED) is 0.489. The second-order valence-electron chi connectivity index (χ2n) is 7.44. The molecule has 0 unspecified atom stereocenters. The molecule has 0 N–H and O–H groups in total. The second-order valence-corrected chi connectivity index (χ2v) is 8.50. The molecule has 2 aromatic heterocycles. The molecule has 0 atom stereocenters. The Hall–Kier alpha value is -2.57. The van der Waals surface area contributed by atoms with Crippen LogP contribution in [0.2, 0.25) is 0 Å². The lowest BCUT2D eigenvalue weighted by Gasteiger charge is -2.29. The van der Waals surface area contributed by atoms with Gasteiger partial charge in [-0.2, -0.15) is 0 Å². The van der Waals surface area contributed by atoms with Crippen molar-refractivity contribution in [3.63, 3.8) is 0 Å². The molecule has 0 aliphatic carbocycles. The minimum atomic E-state index is 0.555. The number of rotatable bonds is 4. The molecule has 5 nitrogen and oxygen atoms in total. The number of aromatic nitrogens is 3. The van der Waals surface area contributed by atoms with Crippen LogP contribution in [0.5, 0.6) is 0 Å². The molecule has 0 saturated carbocycles. The van der Waals surface area contributed by atoms with Gasteiger partial charge in [0, 0.05) is 11.5 Å². The maximum atomic E-state index is 5.90. The summed E-state index contributed by atoms with van der Waals surface area (Å²) in [5, 5.41) is 9.76. The van der Waals surface area contributed by atoms with Crippen LogP contribution in [-0.2, 0) is 6.54 Å². The van der Waals surface area contributed by atoms with Gasteiger partial charge in [0.2, 0.25) is 11.8 Å². The lowest BCUT2D eigenvalue weighted by atomic mass is 9.97. The first kappa shape index (κ1) is 17.5. The lowest BCUT2D eigenvalue weighted by molar-refractivity contribution is 0.188. The van der Waals surface area contributed by atoms with Crippen LogP contribution in [0.1, 0.15) is 35.2 Å². The average Bonchev–Trinajstić information content (AvgIpc) is 3.35. The molecule has 0 amide bonds. The summed E-state index contributed by atoms with van der Waals surface area (Å²) in [6.45, 7) is 4.84. The van der Waals surface area contributed by atoms with Crippen molar-refractivity contribution >= 4 is 21.6 Å². The fraction of sp³-hybridized carbons (Fsp3) is 0.318. The van der Waals surface area contributed by atoms with Crippen LogP contribution in [0.4, 0.5) is 0 Å². The number of thiazole rings is 1. The minimum Gasteiger partial charge on any atom is -0.419 e. The van der Waals surface area contributed by atoms with Crippen molar-refractivity contribution in [1.82, 2.24) is 20.1 Å². The first-order valence-electron chi connectivity index (χ1n) is 9.72. The fourth-order valence-electron chi connectivity index (χ4n) is 3.81. The summed E-state index contributed by atoms with van der Waals surface area (Å²) in [7, 11) is 0. The Morgan fingerprint density at radius 2 is 1.93 bits per heavy atom. The Kier molecular flexibility index (Phi) is 4.66. The Bertz CT molecular complexity index is 1060. The fourth-order valence-corrected chi connectivity index (χ4v) is 4.94. The molecule has 142 valence electrons. The normalized spacial score (nSPS) is 16.0. The summed E-state index contributed by atoms with van der Waals surface area (Å²) in [5.74, 6) is 1.84. The molecule has 3 heterocycles. The summed E-state index contributed by atoms with van der Waals surface area (Å²) in [4.78, 5) is 7.25. The number of aryl methyl sites for hydroxylation is 1. The number of likely N-dealkylation sites (tertiary alicyclic amines) is 1. The first-order valence-corrected chi connectivity index (χ1v) is 10.5. The lowest BCUT2D eigenvalue weighted by Crippen LogP contribution is -2.32. The molecule has 1 aliphatic rings. The van der Waals surface area contributed by atoms with Gasteiger partial charge in [-0.25, -0.2) is 4.98 Å². The van der Waals surface area contributed by atoms with E-state index in [-0.39, 0.29) is 0 Å². The summed E-state index contributed by atoms with van der Waals surface area (Å²) < 4.78 is 7.19. The van der Waals surface area contributed by atoms with E-state index in [0.29, 0.717) is 24.2 Å². The van der Waals surface area contributed by atoms with Gasteiger partial charge in [0.15, 0.2) is 0 Å². The van der Waals surface area contributed by atoms with Crippen LogP contribution in [0, 0.1) is 6.92 Å². The molecule has 6 heteroatoms. The highest BCUT2D eigenvalue weighted by molar-refractivity contribution is 7.18. The molecule has 5 rings (SSSR count). The second kappa shape index (κ2) is 7.45. The molecule has 2 aromatic carbocycles. The van der Waals surface area contributed by atoms with E-state index < -0.39 is 0 Å². The van der Waals surface area contributed by atoms with E-state index in [9.17, 15) is 0 Å². The first-order chi connectivity index (χ1) is 13.7. The van der Waals surface area contributed by atoms with Crippen molar-refractivity contribution in [2.45, 2.75) is 32.2 Å². The molecule has 0 spiro atoms. The van der Waals surface area contributed by atoms with Crippen molar-refractivity contribution < 1.29 is 4.42 Å². The number of hydrogen-bond acceptors (Lipinski definition) is 6. The van der Waals surface area contributed by atoms with Crippen molar-refractivity contribution in [3.05, 3.63) is 65.0 Å². The SMILES string of the molecule is Cc1cccc(-c2nnc(CN3CCC(c4nc5ccccc5s4)CC3)o2)c1. The molecular formula is C22H22N4OS. The van der Waals surface area contributed by atoms with Gasteiger partial charge in [-0.15, -0.1) is 21.5 Å². The molecule has 0 radical (unpaired) electrons. The molecule has 28 heavy (non-hydrogen) atoms. The Labute approximate surface area is 168 Å². The number of nitrogens with zero attached hydrogens (tertiary/aromatic N) is 4. The predicted molar refractivity (Wildman–Crippen MR) is 111 cm³/mol. The van der Waals surface area contributed by atoms with Crippen LogP contribution < -0.4 is 0 Å². The van der Waals surface area contributed by atoms with Crippen molar-refractivity contribution in [2.24, 2.45) is 0 Å². The molecule has 0 bridgehead atoms. The van der Waals surface area contributed by atoms with E-state index in [1.165, 1.54) is 15.3 Å². The van der Waals surface area contributed by atoms with Crippen molar-refractivity contribution in [2.75, 3.05) is 13.1 Å². The maximum Gasteiger partial charge on any atom is 0.247 e. The molecular weight excluding hydrogens is 368 g/mol. The van der Waals surface area contributed by atoms with E-state index in [0.717, 1.165) is 37.0 Å². The van der Waals surface area contributed by atoms with Crippen molar-refractivity contribution in [3.8, 4) is 11.5 Å². The van der Waals surface area contributed by atoms with Gasteiger partial charge in [0.05, 0.1) is 21.8 Å². The van der Waals surface area contributed by atoms with E-state index in [1.807, 2.05) is 23.5 Å². The smallest absolute Gasteiger partial charge is 0.247 e. The Morgan fingerprint density at radius 1 is 1.07 bits per heavy atom. The third-order valence-electron chi connectivity index (χ3n) is 5.34. The standard InChI is InChI=1S/C22H22N4OS/c1-15-5-4-6-17(13-15)21-25-24-20(27-21)14-26-11-9-16(10-12-26)22-23-18-7-2-3-8-19(18)28-22/h2-8,13,16H,9-12,14H2,1H3. The van der Waals surface area contributed by atoms with Gasteiger partial charge >= 0.3 is 0 Å². The average molecular weight is 391 g/mol. The largest absolute Gasteiger partial charge is 0.419 e. The summed E-state index contributed by atoms with van der Waals surface area (Å²) in [6.07, 6.45) is 2.25. The van der Waals surface area contributed by atoms with Crippen LogP contribution in [0.3, 0.4) is 0 Å². The van der Waals surface area contributed by atoms with Gasteiger partial charge in [-0.3, -0.25) is 4.90 Å². The number of para-hydroxylation sites is 1. The van der Waals surface area contributed by atoms with Crippen LogP contribution in [0.25, 0.3) is 21.7 Å².